The van der Waals surface area contributed by atoms with Crippen LogP contribution in [0.1, 0.15) is 0 Å². The van der Waals surface area contributed by atoms with Gasteiger partial charge in [0.2, 0.25) is 16.2 Å². The van der Waals surface area contributed by atoms with Crippen molar-refractivity contribution in [3.05, 3.63) is 16.8 Å². The van der Waals surface area contributed by atoms with Gasteiger partial charge in [-0.25, -0.2) is 8.42 Å². The second-order valence-corrected chi connectivity index (χ2v) is 6.54. The van der Waals surface area contributed by atoms with Gasteiger partial charge in [-0.3, -0.25) is 4.79 Å². The van der Waals surface area contributed by atoms with E-state index < -0.39 is 16.2 Å². The van der Waals surface area contributed by atoms with Gasteiger partial charge >= 0.3 is 0 Å². The van der Waals surface area contributed by atoms with Gasteiger partial charge in [0.25, 0.3) is 0 Å². The van der Waals surface area contributed by atoms with Gasteiger partial charge in [-0.1, -0.05) is 0 Å². The largest absolute Gasteiger partial charge is 0.295 e. The Morgan fingerprint density at radius 2 is 2.37 bits per heavy atom. The summed E-state index contributed by atoms with van der Waals surface area (Å²) in [5, 5.41) is 10.8. The van der Waals surface area contributed by atoms with Crippen LogP contribution in [0.15, 0.2) is 32.1 Å². The Morgan fingerprint density at radius 3 is 2.84 bits per heavy atom. The maximum atomic E-state index is 12.1. The van der Waals surface area contributed by atoms with Crippen molar-refractivity contribution in [2.45, 2.75) is 11.1 Å². The van der Waals surface area contributed by atoms with Gasteiger partial charge in [-0.15, -0.1) is 14.4 Å². The van der Waals surface area contributed by atoms with Crippen LogP contribution in [0.25, 0.3) is 0 Å². The molecule has 0 saturated heterocycles. The zero-order chi connectivity index (χ0) is 13.9. The lowest BCUT2D eigenvalue weighted by Gasteiger charge is -2.26. The monoisotopic (exact) mass is 319 g/mol. The molecule has 19 heavy (non-hydrogen) atoms. The minimum atomic E-state index is -3.77. The van der Waals surface area contributed by atoms with Crippen molar-refractivity contribution in [1.29, 1.82) is 0 Å². The normalized spacial score (nSPS) is 24.2. The molecule has 1 aliphatic heterocycles. The molecule has 0 amide bonds. The highest BCUT2D eigenvalue weighted by Crippen LogP contribution is 2.19. The van der Waals surface area contributed by atoms with E-state index in [9.17, 15) is 13.2 Å². The number of nitrogens with one attached hydrogen (secondary N) is 1. The maximum Gasteiger partial charge on any atom is 0.246 e. The van der Waals surface area contributed by atoms with Crippen LogP contribution in [0, 0.1) is 0 Å². The van der Waals surface area contributed by atoms with E-state index in [0.29, 0.717) is 19.4 Å². The van der Waals surface area contributed by atoms with Crippen LogP contribution in [-0.2, 0) is 14.8 Å². The van der Waals surface area contributed by atoms with Crippen LogP contribution in [0.4, 0.5) is 0 Å². The van der Waals surface area contributed by atoms with Crippen molar-refractivity contribution in [3.63, 3.8) is 0 Å². The topological polar surface area (TPSA) is 88.0 Å². The zero-order valence-electron chi connectivity index (χ0n) is 9.67. The predicted molar refractivity (Wildman–Crippen MR) is 73.0 cm³/mol. The van der Waals surface area contributed by atoms with Gasteiger partial charge in [0.15, 0.2) is 11.8 Å². The number of carbonyl (C=O) groups excluding carboxylic acids is 1. The first-order chi connectivity index (χ1) is 9.04. The molecular weight excluding hydrogens is 308 g/mol. The summed E-state index contributed by atoms with van der Waals surface area (Å²) in [5.41, 5.74) is 1.24. The molecular formula is C9H11N4O3S3+. The molecule has 0 aromatic carbocycles. The first-order valence-corrected chi connectivity index (χ1v) is 8.16. The molecule has 2 rings (SSSR count). The molecule has 10 heteroatoms. The molecule has 7 nitrogen and oxygen atoms in total. The number of thiophene rings is 1. The first-order valence-electron chi connectivity index (χ1n) is 5.27. The highest BCUT2D eigenvalue weighted by atomic mass is 32.2. The Balaban J connectivity index is 2.27. The third-order valence-corrected chi connectivity index (χ3v) is 5.29. The molecule has 1 N–H and O–H groups in total. The molecule has 1 aromatic heterocycles. The number of thiocarbonyl (C=S) groups is 1. The Labute approximate surface area is 119 Å². The summed E-state index contributed by atoms with van der Waals surface area (Å²) < 4.78 is 26.1. The molecule has 102 valence electrons. The lowest BCUT2D eigenvalue weighted by molar-refractivity contribution is -0.851. The second-order valence-electron chi connectivity index (χ2n) is 3.83. The van der Waals surface area contributed by atoms with Crippen LogP contribution in [0.3, 0.4) is 0 Å². The van der Waals surface area contributed by atoms with Crippen molar-refractivity contribution in [3.8, 4) is 0 Å². The van der Waals surface area contributed by atoms with Gasteiger partial charge < -0.3 is 0 Å². The molecule has 1 aromatic rings. The molecule has 0 radical (unpaired) electrons. The molecule has 1 aliphatic rings. The SMILES string of the molecule is O=CC(NS(=O)(=O)c1ccsc1)[N+]1(C=S)CCN=N1. The van der Waals surface area contributed by atoms with E-state index in [-0.39, 0.29) is 9.49 Å². The van der Waals surface area contributed by atoms with Crippen molar-refractivity contribution in [2.75, 3.05) is 13.1 Å². The lowest BCUT2D eigenvalue weighted by Crippen LogP contribution is -2.58. The molecule has 0 fully saturated rings. The molecule has 0 bridgehead atoms. The average Bonchev–Trinajstić information content (AvgIpc) is 3.07. The Morgan fingerprint density at radius 1 is 1.58 bits per heavy atom. The standard InChI is InChI=1S/C9H11N4O3S3/c14-5-9(13(7-17)3-2-10-12-13)11-19(15,16)8-1-4-18-6-8/h1,4-7,9,11H,2-3H2/q+1. The fraction of sp³-hybridized carbons (Fsp3) is 0.333. The van der Waals surface area contributed by atoms with Crippen LogP contribution in [0.2, 0.25) is 0 Å². The lowest BCUT2D eigenvalue weighted by atomic mass is 10.4. The summed E-state index contributed by atoms with van der Waals surface area (Å²) >= 11 is 6.11. The highest BCUT2D eigenvalue weighted by Gasteiger charge is 2.42. The number of hydrogen-bond acceptors (Lipinski definition) is 7. The maximum absolute atomic E-state index is 12.1. The highest BCUT2D eigenvalue weighted by molar-refractivity contribution is 7.89. The molecule has 0 spiro atoms. The van der Waals surface area contributed by atoms with E-state index in [1.54, 1.807) is 5.38 Å². The summed E-state index contributed by atoms with van der Waals surface area (Å²) in [5.74, 6) is 0. The van der Waals surface area contributed by atoms with Gasteiger partial charge in [0, 0.05) is 10.6 Å². The van der Waals surface area contributed by atoms with E-state index in [1.165, 1.54) is 28.3 Å². The number of quaternary nitrogens is 1. The van der Waals surface area contributed by atoms with E-state index >= 15 is 0 Å². The van der Waals surface area contributed by atoms with Gasteiger partial charge in [0.05, 0.1) is 4.90 Å². The van der Waals surface area contributed by atoms with Crippen LogP contribution >= 0.6 is 23.6 Å². The van der Waals surface area contributed by atoms with E-state index in [0.717, 1.165) is 0 Å². The third-order valence-electron chi connectivity index (χ3n) is 2.66. The summed E-state index contributed by atoms with van der Waals surface area (Å²) in [4.78, 5) is 11.3. The minimum absolute atomic E-state index is 0.114. The minimum Gasteiger partial charge on any atom is -0.295 e. The summed E-state index contributed by atoms with van der Waals surface area (Å²) in [7, 11) is -3.77. The zero-order valence-corrected chi connectivity index (χ0v) is 12.1. The quantitative estimate of drug-likeness (QED) is 0.475. The molecule has 2 heterocycles. The molecule has 2 unspecified atom stereocenters. The van der Waals surface area contributed by atoms with Gasteiger partial charge in [-0.05, 0) is 23.7 Å². The predicted octanol–water partition coefficient (Wildman–Crippen LogP) is 0.706. The van der Waals surface area contributed by atoms with Crippen molar-refractivity contribution in [2.24, 2.45) is 10.3 Å². The van der Waals surface area contributed by atoms with Crippen molar-refractivity contribution in [1.82, 2.24) is 4.72 Å². The Kier molecular flexibility index (Phi) is 4.16. The van der Waals surface area contributed by atoms with Crippen LogP contribution in [0.5, 0.6) is 0 Å². The van der Waals surface area contributed by atoms with Gasteiger partial charge in [0.1, 0.15) is 13.1 Å². The first kappa shape index (κ1) is 14.3. The molecule has 0 aliphatic carbocycles. The number of hydrogen-bond donors (Lipinski definition) is 1. The second kappa shape index (κ2) is 5.51. The summed E-state index contributed by atoms with van der Waals surface area (Å²) in [6.07, 6.45) is -0.620. The smallest absolute Gasteiger partial charge is 0.246 e. The Bertz CT molecular complexity index is 598. The number of rotatable bonds is 6. The van der Waals surface area contributed by atoms with E-state index in [2.05, 4.69) is 15.1 Å². The number of aldehydes is 1. The Hall–Kier alpha value is -1.07. The van der Waals surface area contributed by atoms with Crippen molar-refractivity contribution >= 4 is 45.4 Å². The summed E-state index contributed by atoms with van der Waals surface area (Å²) in [6.45, 7) is 0.761. The average molecular weight is 319 g/mol. The summed E-state index contributed by atoms with van der Waals surface area (Å²) in [6, 6.07) is 1.46. The van der Waals surface area contributed by atoms with E-state index in [4.69, 9.17) is 12.2 Å². The molecule has 0 saturated carbocycles. The number of carbonyl (C=O) groups is 1. The molecule has 2 atom stereocenters. The number of sulfonamides is 1. The number of nitrogens with zero attached hydrogens (tertiary/aromatic N) is 3. The third kappa shape index (κ3) is 2.77. The van der Waals surface area contributed by atoms with Crippen LogP contribution in [-0.4, -0.2) is 44.0 Å². The van der Waals surface area contributed by atoms with Gasteiger partial charge in [-0.2, -0.15) is 11.3 Å². The van der Waals surface area contributed by atoms with Crippen molar-refractivity contribution < 1.29 is 17.8 Å². The van der Waals surface area contributed by atoms with Crippen LogP contribution < -0.4 is 4.72 Å². The van der Waals surface area contributed by atoms with E-state index in [1.807, 2.05) is 0 Å². The fourth-order valence-corrected chi connectivity index (χ4v) is 4.10. The fourth-order valence-electron chi connectivity index (χ4n) is 1.60.